The largest absolute Gasteiger partial charge is 0.491 e. The normalized spacial score (nSPS) is 15.8. The molecule has 0 radical (unpaired) electrons. The van der Waals surface area contributed by atoms with Gasteiger partial charge in [0, 0.05) is 5.41 Å². The van der Waals surface area contributed by atoms with E-state index < -0.39 is 0 Å². The predicted octanol–water partition coefficient (Wildman–Crippen LogP) is 5.79. The first-order valence-corrected chi connectivity index (χ1v) is 12.0. The second kappa shape index (κ2) is 10.5. The molecule has 0 amide bonds. The zero-order valence-electron chi connectivity index (χ0n) is 19.7. The number of hydrogen-bond acceptors (Lipinski definition) is 4. The Labute approximate surface area is 188 Å². The standard InChI is InChI=1S/C27H40N2O2/c1-5-19(3)30-21-9-11-23-24-12-10-22(31-20(4)6-2)18-26(24)27(13-7-15-28,14-8-16-29)25(23)17-21/h9-12,17-20H,5-8,13-16,28-29H2,1-4H3. The van der Waals surface area contributed by atoms with Crippen LogP contribution in [0.2, 0.25) is 0 Å². The van der Waals surface area contributed by atoms with Gasteiger partial charge in [0.1, 0.15) is 11.5 Å². The molecular weight excluding hydrogens is 384 g/mol. The summed E-state index contributed by atoms with van der Waals surface area (Å²) in [6.45, 7) is 9.91. The van der Waals surface area contributed by atoms with Crippen LogP contribution in [-0.2, 0) is 5.41 Å². The van der Waals surface area contributed by atoms with E-state index in [9.17, 15) is 0 Å². The van der Waals surface area contributed by atoms with Crippen molar-refractivity contribution in [2.45, 2.75) is 83.8 Å². The Morgan fingerprint density at radius 1 is 0.742 bits per heavy atom. The van der Waals surface area contributed by atoms with Gasteiger partial charge in [-0.05, 0) is 112 Å². The number of fused-ring (bicyclic) bond motifs is 3. The van der Waals surface area contributed by atoms with Gasteiger partial charge in [-0.25, -0.2) is 0 Å². The van der Waals surface area contributed by atoms with Crippen LogP contribution >= 0.6 is 0 Å². The molecular formula is C27H40N2O2. The molecule has 1 aliphatic carbocycles. The van der Waals surface area contributed by atoms with E-state index in [1.54, 1.807) is 0 Å². The summed E-state index contributed by atoms with van der Waals surface area (Å²) in [5.74, 6) is 1.89. The van der Waals surface area contributed by atoms with E-state index in [1.165, 1.54) is 22.3 Å². The van der Waals surface area contributed by atoms with Crippen molar-refractivity contribution in [3.05, 3.63) is 47.5 Å². The summed E-state index contributed by atoms with van der Waals surface area (Å²) >= 11 is 0. The van der Waals surface area contributed by atoms with Gasteiger partial charge in [0.2, 0.25) is 0 Å². The summed E-state index contributed by atoms with van der Waals surface area (Å²) < 4.78 is 12.4. The third kappa shape index (κ3) is 4.91. The number of hydrogen-bond donors (Lipinski definition) is 2. The first kappa shape index (κ1) is 23.6. The van der Waals surface area contributed by atoms with Gasteiger partial charge in [0.05, 0.1) is 12.2 Å². The number of benzene rings is 2. The molecule has 0 aliphatic heterocycles. The lowest BCUT2D eigenvalue weighted by molar-refractivity contribution is 0.216. The molecule has 31 heavy (non-hydrogen) atoms. The Morgan fingerprint density at radius 2 is 1.16 bits per heavy atom. The molecule has 0 saturated heterocycles. The van der Waals surface area contributed by atoms with Crippen molar-refractivity contribution >= 4 is 0 Å². The molecule has 0 fully saturated rings. The number of ether oxygens (including phenoxy) is 2. The fourth-order valence-corrected chi connectivity index (χ4v) is 4.70. The maximum atomic E-state index is 6.21. The molecule has 2 unspecified atom stereocenters. The maximum absolute atomic E-state index is 6.21. The van der Waals surface area contributed by atoms with E-state index in [4.69, 9.17) is 20.9 Å². The number of rotatable bonds is 12. The lowest BCUT2D eigenvalue weighted by atomic mass is 9.71. The SMILES string of the molecule is CCC(C)Oc1ccc2c(c1)C(CCCN)(CCCN)c1cc(OC(C)CC)ccc1-2. The Balaban J connectivity index is 2.13. The van der Waals surface area contributed by atoms with E-state index in [1.807, 2.05) is 0 Å². The van der Waals surface area contributed by atoms with Crippen molar-refractivity contribution < 1.29 is 9.47 Å². The van der Waals surface area contributed by atoms with Crippen molar-refractivity contribution in [1.29, 1.82) is 0 Å². The monoisotopic (exact) mass is 424 g/mol. The predicted molar refractivity (Wildman–Crippen MR) is 130 cm³/mol. The average Bonchev–Trinajstić information content (AvgIpc) is 3.05. The molecule has 2 atom stereocenters. The molecule has 170 valence electrons. The zero-order valence-corrected chi connectivity index (χ0v) is 19.7. The van der Waals surface area contributed by atoms with Crippen LogP contribution < -0.4 is 20.9 Å². The van der Waals surface area contributed by atoms with Crippen LogP contribution in [0.25, 0.3) is 11.1 Å². The molecule has 0 heterocycles. The highest BCUT2D eigenvalue weighted by atomic mass is 16.5. The van der Waals surface area contributed by atoms with Gasteiger partial charge in [-0.2, -0.15) is 0 Å². The summed E-state index contributed by atoms with van der Waals surface area (Å²) in [6.07, 6.45) is 6.30. The Hall–Kier alpha value is -2.04. The lowest BCUT2D eigenvalue weighted by Crippen LogP contribution is -2.28. The van der Waals surface area contributed by atoms with Crippen LogP contribution in [0.1, 0.15) is 77.3 Å². The fraction of sp³-hybridized carbons (Fsp3) is 0.556. The molecule has 4 nitrogen and oxygen atoms in total. The highest BCUT2D eigenvalue weighted by Gasteiger charge is 2.42. The van der Waals surface area contributed by atoms with Crippen LogP contribution in [0.5, 0.6) is 11.5 Å². The third-order valence-corrected chi connectivity index (χ3v) is 6.74. The van der Waals surface area contributed by atoms with Crippen molar-refractivity contribution in [3.8, 4) is 22.6 Å². The molecule has 0 spiro atoms. The molecule has 2 aromatic carbocycles. The van der Waals surface area contributed by atoms with Crippen molar-refractivity contribution in [1.82, 2.24) is 0 Å². The summed E-state index contributed by atoms with van der Waals surface area (Å²) in [7, 11) is 0. The molecule has 2 aromatic rings. The topological polar surface area (TPSA) is 70.5 Å². The van der Waals surface area contributed by atoms with Gasteiger partial charge in [0.25, 0.3) is 0 Å². The van der Waals surface area contributed by atoms with Gasteiger partial charge in [-0.15, -0.1) is 0 Å². The van der Waals surface area contributed by atoms with Gasteiger partial charge < -0.3 is 20.9 Å². The molecule has 4 heteroatoms. The maximum Gasteiger partial charge on any atom is 0.120 e. The van der Waals surface area contributed by atoms with Crippen LogP contribution in [0.4, 0.5) is 0 Å². The fourth-order valence-electron chi connectivity index (χ4n) is 4.70. The van der Waals surface area contributed by atoms with E-state index in [-0.39, 0.29) is 17.6 Å². The first-order valence-electron chi connectivity index (χ1n) is 12.0. The van der Waals surface area contributed by atoms with Crippen LogP contribution in [0, 0.1) is 0 Å². The van der Waals surface area contributed by atoms with E-state index in [0.29, 0.717) is 13.1 Å². The van der Waals surface area contributed by atoms with Gasteiger partial charge in [-0.1, -0.05) is 26.0 Å². The van der Waals surface area contributed by atoms with Crippen molar-refractivity contribution in [2.24, 2.45) is 11.5 Å². The molecule has 0 aromatic heterocycles. The lowest BCUT2D eigenvalue weighted by Gasteiger charge is -2.33. The first-order chi connectivity index (χ1) is 15.0. The summed E-state index contributed by atoms with van der Waals surface area (Å²) in [5.41, 5.74) is 17.2. The van der Waals surface area contributed by atoms with Crippen LogP contribution in [0.15, 0.2) is 36.4 Å². The molecule has 0 saturated carbocycles. The van der Waals surface area contributed by atoms with E-state index in [2.05, 4.69) is 64.1 Å². The van der Waals surface area contributed by atoms with Crippen LogP contribution in [-0.4, -0.2) is 25.3 Å². The quantitative estimate of drug-likeness (QED) is 0.453. The smallest absolute Gasteiger partial charge is 0.120 e. The van der Waals surface area contributed by atoms with E-state index >= 15 is 0 Å². The average molecular weight is 425 g/mol. The zero-order chi connectivity index (χ0) is 22.4. The Morgan fingerprint density at radius 3 is 1.52 bits per heavy atom. The second-order valence-electron chi connectivity index (χ2n) is 8.95. The minimum atomic E-state index is -0.104. The minimum Gasteiger partial charge on any atom is -0.491 e. The molecule has 1 aliphatic rings. The summed E-state index contributed by atoms with van der Waals surface area (Å²) in [5, 5.41) is 0. The van der Waals surface area contributed by atoms with Gasteiger partial charge in [0.15, 0.2) is 0 Å². The molecule has 4 N–H and O–H groups in total. The van der Waals surface area contributed by atoms with Crippen molar-refractivity contribution in [2.75, 3.05) is 13.1 Å². The minimum absolute atomic E-state index is 0.104. The van der Waals surface area contributed by atoms with Gasteiger partial charge in [-0.3, -0.25) is 0 Å². The van der Waals surface area contributed by atoms with Crippen molar-refractivity contribution in [3.63, 3.8) is 0 Å². The second-order valence-corrected chi connectivity index (χ2v) is 8.95. The molecule has 0 bridgehead atoms. The highest BCUT2D eigenvalue weighted by Crippen LogP contribution is 2.55. The number of nitrogens with two attached hydrogens (primary N) is 2. The Bertz CT molecular complexity index is 793. The highest BCUT2D eigenvalue weighted by molar-refractivity contribution is 5.82. The Kier molecular flexibility index (Phi) is 8.01. The van der Waals surface area contributed by atoms with Gasteiger partial charge >= 0.3 is 0 Å². The molecule has 3 rings (SSSR count). The van der Waals surface area contributed by atoms with Crippen LogP contribution in [0.3, 0.4) is 0 Å². The summed E-state index contributed by atoms with van der Waals surface area (Å²) in [4.78, 5) is 0. The summed E-state index contributed by atoms with van der Waals surface area (Å²) in [6, 6.07) is 13.2. The van der Waals surface area contributed by atoms with E-state index in [0.717, 1.165) is 50.0 Å². The third-order valence-electron chi connectivity index (χ3n) is 6.74.